The number of nitrogens with zero attached hydrogens (tertiary/aromatic N) is 1. The normalized spacial score (nSPS) is 15.5. The average molecular weight is 366 g/mol. The third-order valence-corrected chi connectivity index (χ3v) is 4.48. The fourth-order valence-corrected chi connectivity index (χ4v) is 3.08. The fraction of sp³-hybridized carbons (Fsp3) is 0.316. The quantitative estimate of drug-likeness (QED) is 0.742. The fourth-order valence-electron chi connectivity index (χ4n) is 2.87. The second-order valence-corrected chi connectivity index (χ2v) is 6.25. The van der Waals surface area contributed by atoms with Gasteiger partial charge in [0.25, 0.3) is 0 Å². The van der Waals surface area contributed by atoms with Gasteiger partial charge in [-0.15, -0.1) is 12.4 Å². The van der Waals surface area contributed by atoms with Crippen LogP contribution < -0.4 is 0 Å². The number of esters is 1. The summed E-state index contributed by atoms with van der Waals surface area (Å²) in [6, 6.07) is 17.5. The van der Waals surface area contributed by atoms with Crippen molar-refractivity contribution in [2.75, 3.05) is 13.1 Å². The van der Waals surface area contributed by atoms with Crippen molar-refractivity contribution in [1.82, 2.24) is 4.90 Å². The topological polar surface area (TPSA) is 29.5 Å². The highest BCUT2D eigenvalue weighted by Gasteiger charge is 2.23. The molecule has 24 heavy (non-hydrogen) atoms. The van der Waals surface area contributed by atoms with Crippen LogP contribution in [0, 0.1) is 0 Å². The molecule has 1 aliphatic heterocycles. The molecule has 3 rings (SSSR count). The lowest BCUT2D eigenvalue weighted by Gasteiger charge is -2.31. The predicted molar refractivity (Wildman–Crippen MR) is 98.9 cm³/mol. The Morgan fingerprint density at radius 3 is 2.33 bits per heavy atom. The molecule has 0 spiro atoms. The summed E-state index contributed by atoms with van der Waals surface area (Å²) >= 11 is 6.04. The molecule has 1 fully saturated rings. The van der Waals surface area contributed by atoms with Gasteiger partial charge in [-0.25, -0.2) is 4.79 Å². The Morgan fingerprint density at radius 2 is 1.67 bits per heavy atom. The van der Waals surface area contributed by atoms with E-state index in [0.29, 0.717) is 10.6 Å². The SMILES string of the molecule is Cl.O=C(OC1CCN(Cc2ccccc2)CC1)c1ccccc1Cl. The maximum Gasteiger partial charge on any atom is 0.339 e. The zero-order valence-corrected chi connectivity index (χ0v) is 14.9. The average Bonchev–Trinajstić information content (AvgIpc) is 2.58. The molecule has 3 nitrogen and oxygen atoms in total. The van der Waals surface area contributed by atoms with E-state index < -0.39 is 0 Å². The molecule has 0 saturated carbocycles. The van der Waals surface area contributed by atoms with Gasteiger partial charge in [-0.3, -0.25) is 4.90 Å². The van der Waals surface area contributed by atoms with Crippen molar-refractivity contribution >= 4 is 30.0 Å². The Labute approximate surface area is 154 Å². The standard InChI is InChI=1S/C19H20ClNO2.ClH/c20-18-9-5-4-8-17(18)19(22)23-16-10-12-21(13-11-16)14-15-6-2-1-3-7-15;/h1-9,16H,10-14H2;1H. The van der Waals surface area contributed by atoms with Gasteiger partial charge in [-0.05, 0) is 30.5 Å². The Bertz CT molecular complexity index is 655. The lowest BCUT2D eigenvalue weighted by Crippen LogP contribution is -2.37. The second-order valence-electron chi connectivity index (χ2n) is 5.85. The van der Waals surface area contributed by atoms with Crippen LogP contribution in [-0.2, 0) is 11.3 Å². The zero-order valence-electron chi connectivity index (χ0n) is 13.4. The van der Waals surface area contributed by atoms with E-state index in [2.05, 4.69) is 29.2 Å². The number of piperidine rings is 1. The molecule has 128 valence electrons. The molecule has 1 aliphatic rings. The Balaban J connectivity index is 0.00000208. The Kier molecular flexibility index (Phi) is 7.10. The number of hydrogen-bond donors (Lipinski definition) is 0. The van der Waals surface area contributed by atoms with Crippen LogP contribution in [0.5, 0.6) is 0 Å². The summed E-state index contributed by atoms with van der Waals surface area (Å²) in [7, 11) is 0. The molecule has 0 atom stereocenters. The summed E-state index contributed by atoms with van der Waals surface area (Å²) in [6.45, 7) is 2.83. The van der Waals surface area contributed by atoms with Crippen molar-refractivity contribution < 1.29 is 9.53 Å². The molecular formula is C19H21Cl2NO2. The minimum Gasteiger partial charge on any atom is -0.459 e. The summed E-state index contributed by atoms with van der Waals surface area (Å²) in [6.07, 6.45) is 1.71. The molecule has 2 aromatic carbocycles. The van der Waals surface area contributed by atoms with Crippen LogP contribution in [0.25, 0.3) is 0 Å². The molecule has 2 aromatic rings. The van der Waals surface area contributed by atoms with E-state index in [-0.39, 0.29) is 24.5 Å². The van der Waals surface area contributed by atoms with Crippen molar-refractivity contribution in [1.29, 1.82) is 0 Å². The first kappa shape index (κ1) is 18.8. The van der Waals surface area contributed by atoms with Crippen LogP contribution in [0.15, 0.2) is 54.6 Å². The minimum absolute atomic E-state index is 0. The second kappa shape index (κ2) is 9.07. The molecule has 1 saturated heterocycles. The Hall–Kier alpha value is -1.55. The summed E-state index contributed by atoms with van der Waals surface area (Å²) in [5, 5.41) is 0.444. The first-order valence-corrected chi connectivity index (χ1v) is 8.32. The number of hydrogen-bond acceptors (Lipinski definition) is 3. The van der Waals surface area contributed by atoms with Crippen LogP contribution in [0.1, 0.15) is 28.8 Å². The molecule has 0 N–H and O–H groups in total. The predicted octanol–water partition coefficient (Wildman–Crippen LogP) is 4.58. The van der Waals surface area contributed by atoms with Crippen molar-refractivity contribution in [2.24, 2.45) is 0 Å². The van der Waals surface area contributed by atoms with Crippen LogP contribution in [0.4, 0.5) is 0 Å². The molecular weight excluding hydrogens is 345 g/mol. The van der Waals surface area contributed by atoms with Crippen molar-refractivity contribution in [2.45, 2.75) is 25.5 Å². The van der Waals surface area contributed by atoms with Gasteiger partial charge in [0.15, 0.2) is 0 Å². The first-order chi connectivity index (χ1) is 11.2. The van der Waals surface area contributed by atoms with E-state index in [1.54, 1.807) is 24.3 Å². The molecule has 5 heteroatoms. The van der Waals surface area contributed by atoms with Gasteiger partial charge >= 0.3 is 5.97 Å². The summed E-state index contributed by atoms with van der Waals surface area (Å²) in [5.41, 5.74) is 1.76. The maximum absolute atomic E-state index is 12.2. The van der Waals surface area contributed by atoms with E-state index in [9.17, 15) is 4.79 Å². The molecule has 0 aromatic heterocycles. The number of carbonyl (C=O) groups excluding carboxylic acids is 1. The molecule has 0 unspecified atom stereocenters. The highest BCUT2D eigenvalue weighted by molar-refractivity contribution is 6.33. The van der Waals surface area contributed by atoms with Gasteiger partial charge in [0.05, 0.1) is 10.6 Å². The zero-order chi connectivity index (χ0) is 16.1. The van der Waals surface area contributed by atoms with Gasteiger partial charge < -0.3 is 4.74 Å². The van der Waals surface area contributed by atoms with Crippen LogP contribution >= 0.6 is 24.0 Å². The molecule has 0 radical (unpaired) electrons. The van der Waals surface area contributed by atoms with Crippen molar-refractivity contribution in [3.63, 3.8) is 0 Å². The smallest absolute Gasteiger partial charge is 0.339 e. The largest absolute Gasteiger partial charge is 0.459 e. The first-order valence-electron chi connectivity index (χ1n) is 7.94. The van der Waals surface area contributed by atoms with E-state index in [0.717, 1.165) is 32.5 Å². The van der Waals surface area contributed by atoms with E-state index >= 15 is 0 Å². The van der Waals surface area contributed by atoms with Crippen molar-refractivity contribution in [3.8, 4) is 0 Å². The molecule has 0 amide bonds. The summed E-state index contributed by atoms with van der Waals surface area (Å²) < 4.78 is 5.61. The lowest BCUT2D eigenvalue weighted by molar-refractivity contribution is 0.0104. The van der Waals surface area contributed by atoms with Gasteiger partial charge in [0, 0.05) is 19.6 Å². The van der Waals surface area contributed by atoms with Crippen LogP contribution in [0.2, 0.25) is 5.02 Å². The van der Waals surface area contributed by atoms with Crippen LogP contribution in [0.3, 0.4) is 0 Å². The van der Waals surface area contributed by atoms with Gasteiger partial charge in [-0.2, -0.15) is 0 Å². The number of likely N-dealkylation sites (tertiary alicyclic amines) is 1. The van der Waals surface area contributed by atoms with Gasteiger partial charge in [-0.1, -0.05) is 54.1 Å². The third kappa shape index (κ3) is 4.97. The number of halogens is 2. The number of rotatable bonds is 4. The molecule has 0 bridgehead atoms. The number of ether oxygens (including phenoxy) is 1. The highest BCUT2D eigenvalue weighted by atomic mass is 35.5. The summed E-state index contributed by atoms with van der Waals surface area (Å²) in [4.78, 5) is 14.6. The third-order valence-electron chi connectivity index (χ3n) is 4.15. The summed E-state index contributed by atoms with van der Waals surface area (Å²) in [5.74, 6) is -0.322. The van der Waals surface area contributed by atoms with Crippen LogP contribution in [-0.4, -0.2) is 30.1 Å². The van der Waals surface area contributed by atoms with Gasteiger partial charge in [0.1, 0.15) is 6.10 Å². The number of benzene rings is 2. The highest BCUT2D eigenvalue weighted by Crippen LogP contribution is 2.20. The molecule has 1 heterocycles. The Morgan fingerprint density at radius 1 is 1.04 bits per heavy atom. The minimum atomic E-state index is -0.322. The molecule has 0 aliphatic carbocycles. The van der Waals surface area contributed by atoms with E-state index in [1.807, 2.05) is 6.07 Å². The van der Waals surface area contributed by atoms with Crippen molar-refractivity contribution in [3.05, 3.63) is 70.7 Å². The monoisotopic (exact) mass is 365 g/mol. The lowest BCUT2D eigenvalue weighted by atomic mass is 10.1. The maximum atomic E-state index is 12.2. The number of carbonyl (C=O) groups is 1. The van der Waals surface area contributed by atoms with Gasteiger partial charge in [0.2, 0.25) is 0 Å². The van der Waals surface area contributed by atoms with E-state index in [1.165, 1.54) is 5.56 Å². The van der Waals surface area contributed by atoms with E-state index in [4.69, 9.17) is 16.3 Å².